The average Bonchev–Trinajstić information content (AvgIpc) is 2.55. The number of hydrogen-bond donors (Lipinski definition) is 0. The molecule has 2 aromatic rings. The van der Waals surface area contributed by atoms with Gasteiger partial charge >= 0.3 is 0 Å². The van der Waals surface area contributed by atoms with Crippen LogP contribution in [0.4, 0.5) is 8.78 Å². The van der Waals surface area contributed by atoms with Crippen LogP contribution in [-0.2, 0) is 6.42 Å². The van der Waals surface area contributed by atoms with E-state index in [2.05, 4.69) is 36.2 Å². The molecular weight excluding hydrogens is 280 g/mol. The monoisotopic (exact) mass is 301 g/mol. The maximum Gasteiger partial charge on any atom is 0.218 e. The first kappa shape index (κ1) is 15.1. The van der Waals surface area contributed by atoms with E-state index >= 15 is 0 Å². The Morgan fingerprint density at radius 2 is 1.55 bits per heavy atom. The Bertz CT molecular complexity index is 628. The third-order valence-corrected chi connectivity index (χ3v) is 4.87. The standard InChI is InChI=1S/C19H21F2N/c1-2-13-3-5-14(6-4-13)15-7-9-16(10-8-15)17-11-12-18(20)22-19(17)21/h3-6,11-12,15-16H,2,7-10H2,1H3. The molecular formula is C19H21F2N. The normalized spacial score (nSPS) is 21.8. The summed E-state index contributed by atoms with van der Waals surface area (Å²) < 4.78 is 26.7. The minimum Gasteiger partial charge on any atom is -0.190 e. The van der Waals surface area contributed by atoms with Crippen molar-refractivity contribution in [3.8, 4) is 0 Å². The molecule has 0 radical (unpaired) electrons. The van der Waals surface area contributed by atoms with E-state index in [4.69, 9.17) is 0 Å². The van der Waals surface area contributed by atoms with Crippen LogP contribution in [0.15, 0.2) is 36.4 Å². The van der Waals surface area contributed by atoms with Crippen molar-refractivity contribution in [2.24, 2.45) is 0 Å². The van der Waals surface area contributed by atoms with Crippen LogP contribution in [0, 0.1) is 11.9 Å². The summed E-state index contributed by atoms with van der Waals surface area (Å²) in [5.41, 5.74) is 3.31. The summed E-state index contributed by atoms with van der Waals surface area (Å²) in [6.07, 6.45) is 5.03. The average molecular weight is 301 g/mol. The molecule has 0 spiro atoms. The number of rotatable bonds is 3. The van der Waals surface area contributed by atoms with Crippen LogP contribution in [0.25, 0.3) is 0 Å². The van der Waals surface area contributed by atoms with Crippen molar-refractivity contribution in [2.75, 3.05) is 0 Å². The highest BCUT2D eigenvalue weighted by Crippen LogP contribution is 2.40. The number of nitrogens with zero attached hydrogens (tertiary/aromatic N) is 1. The molecule has 1 aromatic heterocycles. The highest BCUT2D eigenvalue weighted by Gasteiger charge is 2.25. The van der Waals surface area contributed by atoms with Gasteiger partial charge in [0.05, 0.1) is 0 Å². The summed E-state index contributed by atoms with van der Waals surface area (Å²) in [6.45, 7) is 2.16. The van der Waals surface area contributed by atoms with Crippen molar-refractivity contribution < 1.29 is 8.78 Å². The quantitative estimate of drug-likeness (QED) is 0.695. The molecule has 0 aliphatic heterocycles. The van der Waals surface area contributed by atoms with Crippen molar-refractivity contribution in [1.29, 1.82) is 0 Å². The van der Waals surface area contributed by atoms with E-state index in [9.17, 15) is 8.78 Å². The SMILES string of the molecule is CCc1ccc(C2CCC(c3ccc(F)nc3F)CC2)cc1. The lowest BCUT2D eigenvalue weighted by Gasteiger charge is -2.29. The second kappa shape index (κ2) is 6.55. The van der Waals surface area contributed by atoms with Gasteiger partial charge in [-0.3, -0.25) is 0 Å². The van der Waals surface area contributed by atoms with Crippen LogP contribution in [0.2, 0.25) is 0 Å². The van der Waals surface area contributed by atoms with E-state index in [1.165, 1.54) is 17.2 Å². The second-order valence-corrected chi connectivity index (χ2v) is 6.16. The van der Waals surface area contributed by atoms with E-state index in [1.54, 1.807) is 6.07 Å². The molecule has 1 aromatic carbocycles. The van der Waals surface area contributed by atoms with Crippen molar-refractivity contribution >= 4 is 0 Å². The lowest BCUT2D eigenvalue weighted by atomic mass is 9.76. The molecule has 1 fully saturated rings. The molecule has 0 bridgehead atoms. The Kier molecular flexibility index (Phi) is 4.51. The van der Waals surface area contributed by atoms with Gasteiger partial charge < -0.3 is 0 Å². The lowest BCUT2D eigenvalue weighted by Crippen LogP contribution is -2.14. The first-order valence-electron chi connectivity index (χ1n) is 8.08. The van der Waals surface area contributed by atoms with E-state index in [-0.39, 0.29) is 5.92 Å². The molecule has 0 atom stereocenters. The number of hydrogen-bond acceptors (Lipinski definition) is 1. The van der Waals surface area contributed by atoms with Gasteiger partial charge in [-0.2, -0.15) is 13.8 Å². The molecule has 3 heteroatoms. The van der Waals surface area contributed by atoms with Crippen LogP contribution >= 0.6 is 0 Å². The van der Waals surface area contributed by atoms with Crippen LogP contribution in [0.3, 0.4) is 0 Å². The van der Waals surface area contributed by atoms with Crippen LogP contribution < -0.4 is 0 Å². The number of pyridine rings is 1. The predicted molar refractivity (Wildman–Crippen MR) is 83.9 cm³/mol. The van der Waals surface area contributed by atoms with Crippen LogP contribution in [-0.4, -0.2) is 4.98 Å². The number of aryl methyl sites for hydroxylation is 1. The molecule has 1 heterocycles. The Balaban J connectivity index is 1.66. The summed E-state index contributed by atoms with van der Waals surface area (Å²) in [5.74, 6) is -0.667. The van der Waals surface area contributed by atoms with Crippen LogP contribution in [0.1, 0.15) is 61.1 Å². The molecule has 0 saturated heterocycles. The largest absolute Gasteiger partial charge is 0.218 e. The summed E-state index contributed by atoms with van der Waals surface area (Å²) in [4.78, 5) is 3.31. The minimum absolute atomic E-state index is 0.166. The van der Waals surface area contributed by atoms with Crippen molar-refractivity contribution in [2.45, 2.75) is 50.9 Å². The van der Waals surface area contributed by atoms with Gasteiger partial charge in [-0.25, -0.2) is 0 Å². The molecule has 1 saturated carbocycles. The Labute approximate surface area is 130 Å². The maximum absolute atomic E-state index is 13.8. The highest BCUT2D eigenvalue weighted by molar-refractivity contribution is 5.27. The van der Waals surface area contributed by atoms with Crippen LogP contribution in [0.5, 0.6) is 0 Å². The third kappa shape index (κ3) is 3.18. The number of benzene rings is 1. The molecule has 0 amide bonds. The fraction of sp³-hybridized carbons (Fsp3) is 0.421. The summed E-state index contributed by atoms with van der Waals surface area (Å²) in [6, 6.07) is 11.7. The highest BCUT2D eigenvalue weighted by atomic mass is 19.1. The zero-order valence-corrected chi connectivity index (χ0v) is 12.9. The number of halogens is 2. The van der Waals surface area contributed by atoms with Gasteiger partial charge in [-0.05, 0) is 67.2 Å². The van der Waals surface area contributed by atoms with Gasteiger partial charge in [0.1, 0.15) is 0 Å². The Morgan fingerprint density at radius 1 is 0.909 bits per heavy atom. The number of aromatic nitrogens is 1. The van der Waals surface area contributed by atoms with E-state index in [1.807, 2.05) is 0 Å². The second-order valence-electron chi connectivity index (χ2n) is 6.16. The Morgan fingerprint density at radius 3 is 2.14 bits per heavy atom. The molecule has 1 aliphatic rings. The molecule has 22 heavy (non-hydrogen) atoms. The molecule has 116 valence electrons. The lowest BCUT2D eigenvalue weighted by molar-refractivity contribution is 0.381. The topological polar surface area (TPSA) is 12.9 Å². The molecule has 0 unspecified atom stereocenters. The first-order chi connectivity index (χ1) is 10.7. The summed E-state index contributed by atoms with van der Waals surface area (Å²) in [7, 11) is 0. The van der Waals surface area contributed by atoms with Gasteiger partial charge in [0.25, 0.3) is 0 Å². The minimum atomic E-state index is -0.744. The zero-order valence-electron chi connectivity index (χ0n) is 12.9. The molecule has 3 rings (SSSR count). The fourth-order valence-corrected chi connectivity index (χ4v) is 3.49. The van der Waals surface area contributed by atoms with Gasteiger partial charge in [-0.1, -0.05) is 31.2 Å². The van der Waals surface area contributed by atoms with Gasteiger partial charge in [0.2, 0.25) is 11.9 Å². The summed E-state index contributed by atoms with van der Waals surface area (Å²) >= 11 is 0. The fourth-order valence-electron chi connectivity index (χ4n) is 3.49. The molecule has 0 N–H and O–H groups in total. The van der Waals surface area contributed by atoms with Crippen molar-refractivity contribution in [3.63, 3.8) is 0 Å². The first-order valence-corrected chi connectivity index (χ1v) is 8.08. The molecule has 1 nitrogen and oxygen atoms in total. The van der Waals surface area contributed by atoms with Crippen molar-refractivity contribution in [1.82, 2.24) is 4.98 Å². The zero-order chi connectivity index (χ0) is 15.5. The van der Waals surface area contributed by atoms with E-state index in [0.29, 0.717) is 11.5 Å². The smallest absolute Gasteiger partial charge is 0.190 e. The van der Waals surface area contributed by atoms with Gasteiger partial charge in [0.15, 0.2) is 0 Å². The Hall–Kier alpha value is -1.77. The molecule has 1 aliphatic carbocycles. The maximum atomic E-state index is 13.8. The van der Waals surface area contributed by atoms with Crippen molar-refractivity contribution in [3.05, 3.63) is 65.0 Å². The van der Waals surface area contributed by atoms with E-state index in [0.717, 1.165) is 32.1 Å². The van der Waals surface area contributed by atoms with Gasteiger partial charge in [0, 0.05) is 5.56 Å². The van der Waals surface area contributed by atoms with Gasteiger partial charge in [-0.15, -0.1) is 0 Å². The van der Waals surface area contributed by atoms with E-state index < -0.39 is 11.9 Å². The predicted octanol–water partition coefficient (Wildman–Crippen LogP) is 5.36. The third-order valence-electron chi connectivity index (χ3n) is 4.87. The summed E-state index contributed by atoms with van der Waals surface area (Å²) in [5, 5.41) is 0.